The minimum Gasteiger partial charge on any atom is -0.481 e. The summed E-state index contributed by atoms with van der Waals surface area (Å²) in [6, 6.07) is 7.95. The van der Waals surface area contributed by atoms with Crippen molar-refractivity contribution in [1.82, 2.24) is 19.9 Å². The van der Waals surface area contributed by atoms with Gasteiger partial charge < -0.3 is 28.4 Å². The van der Waals surface area contributed by atoms with Crippen LogP contribution in [0.3, 0.4) is 0 Å². The molecule has 46 heavy (non-hydrogen) atoms. The molecule has 0 saturated heterocycles. The van der Waals surface area contributed by atoms with Gasteiger partial charge in [-0.15, -0.1) is 0 Å². The van der Waals surface area contributed by atoms with Gasteiger partial charge in [-0.3, -0.25) is 25.0 Å². The maximum Gasteiger partial charge on any atom is 0.286 e. The second-order valence-corrected chi connectivity index (χ2v) is 9.24. The van der Waals surface area contributed by atoms with Crippen LogP contribution in [0, 0.1) is 20.2 Å². The number of hydrogen-bond donors (Lipinski definition) is 0. The fourth-order valence-electron chi connectivity index (χ4n) is 4.67. The van der Waals surface area contributed by atoms with Crippen molar-refractivity contribution >= 4 is 17.2 Å². The summed E-state index contributed by atoms with van der Waals surface area (Å²) in [5.74, 6) is -0.536. The zero-order valence-corrected chi connectivity index (χ0v) is 25.6. The number of ether oxygens (including phenoxy) is 6. The summed E-state index contributed by atoms with van der Waals surface area (Å²) in [7, 11) is 8.12. The normalized spacial score (nSPS) is 10.7. The second-order valence-electron chi connectivity index (χ2n) is 9.24. The largest absolute Gasteiger partial charge is 0.481 e. The predicted molar refractivity (Wildman–Crippen MR) is 159 cm³/mol. The van der Waals surface area contributed by atoms with Gasteiger partial charge in [-0.05, 0) is 24.3 Å². The number of nitrogens with zero attached hydrogens (tertiary/aromatic N) is 6. The molecule has 17 nitrogen and oxygen atoms in total. The molecule has 0 aliphatic heterocycles. The Hall–Kier alpha value is -5.81. The van der Waals surface area contributed by atoms with E-state index in [4.69, 9.17) is 28.4 Å². The van der Waals surface area contributed by atoms with Crippen LogP contribution in [-0.2, 0) is 22.7 Å². The van der Waals surface area contributed by atoms with E-state index in [-0.39, 0.29) is 70.6 Å². The summed E-state index contributed by atoms with van der Waals surface area (Å²) in [5, 5.41) is 25.1. The van der Waals surface area contributed by atoms with Gasteiger partial charge in [0, 0.05) is 25.3 Å². The van der Waals surface area contributed by atoms with Gasteiger partial charge in [0.15, 0.2) is 11.6 Å². The van der Waals surface area contributed by atoms with Gasteiger partial charge in [0.1, 0.15) is 11.1 Å². The third kappa shape index (κ3) is 6.49. The van der Waals surface area contributed by atoms with Crippen molar-refractivity contribution in [2.75, 3.05) is 42.7 Å². The quantitative estimate of drug-likeness (QED) is 0.109. The number of hydrogen-bond acceptors (Lipinski definition) is 15. The Morgan fingerprint density at radius 2 is 0.935 bits per heavy atom. The number of rotatable bonds is 14. The molecule has 2 heterocycles. The van der Waals surface area contributed by atoms with Crippen molar-refractivity contribution in [2.24, 2.45) is 0 Å². The fraction of sp³-hybridized carbons (Fsp3) is 0.276. The van der Waals surface area contributed by atoms with Crippen LogP contribution in [0.25, 0.3) is 22.8 Å². The van der Waals surface area contributed by atoms with Crippen LogP contribution in [0.5, 0.6) is 23.5 Å². The zero-order chi connectivity index (χ0) is 33.5. The van der Waals surface area contributed by atoms with E-state index in [1.165, 1.54) is 79.1 Å². The molecule has 0 radical (unpaired) electrons. The molecule has 0 N–H and O–H groups in total. The number of nitro benzene ring substituents is 2. The van der Waals surface area contributed by atoms with Crippen molar-refractivity contribution in [2.45, 2.75) is 13.2 Å². The summed E-state index contributed by atoms with van der Waals surface area (Å²) < 4.78 is 31.3. The molecule has 17 heteroatoms. The molecular weight excluding hydrogens is 608 g/mol. The molecule has 0 saturated carbocycles. The standard InChI is InChI=1S/C29H28N6O11/c1-41-13-19-15(28-30-21(43-3)11-22(31-28)44-4)7-9-17(25(19)34(37)38)27(36)18-10-8-16(20(14-42-2)26(18)35(39)40)29-32-23(45-5)12-24(33-29)46-6/h7-12H,13-14H2,1-6H3. The maximum atomic E-state index is 14.1. The van der Waals surface area contributed by atoms with E-state index in [2.05, 4.69) is 19.9 Å². The highest BCUT2D eigenvalue weighted by atomic mass is 16.6. The average Bonchev–Trinajstić information content (AvgIpc) is 3.06. The SMILES string of the molecule is COCc1c(-c2nc(OC)cc(OC)n2)ccc(C(=O)c2ccc(-c3nc(OC)cc(OC)n3)c(COC)c2[N+](=O)[O-])c1[N+](=O)[O-]. The van der Waals surface area contributed by atoms with Crippen molar-refractivity contribution in [3.8, 4) is 46.3 Å². The van der Waals surface area contributed by atoms with E-state index < -0.39 is 38.1 Å². The summed E-state index contributed by atoms with van der Waals surface area (Å²) in [6.45, 7) is -0.665. The first-order chi connectivity index (χ1) is 22.1. The Morgan fingerprint density at radius 3 is 1.20 bits per heavy atom. The number of carbonyl (C=O) groups excluding carboxylic acids is 1. The molecule has 0 aliphatic carbocycles. The molecule has 2 aromatic heterocycles. The molecule has 0 atom stereocenters. The van der Waals surface area contributed by atoms with Gasteiger partial charge in [-0.1, -0.05) is 0 Å². The average molecular weight is 637 g/mol. The molecule has 4 rings (SSSR count). The number of methoxy groups -OCH3 is 6. The van der Waals surface area contributed by atoms with E-state index in [0.717, 1.165) is 0 Å². The Morgan fingerprint density at radius 1 is 0.609 bits per heavy atom. The monoisotopic (exact) mass is 636 g/mol. The van der Waals surface area contributed by atoms with Crippen LogP contribution in [-0.4, -0.2) is 78.2 Å². The molecule has 0 fully saturated rings. The third-order valence-corrected chi connectivity index (χ3v) is 6.67. The van der Waals surface area contributed by atoms with Gasteiger partial charge in [0.2, 0.25) is 29.3 Å². The van der Waals surface area contributed by atoms with Crippen molar-refractivity contribution in [3.05, 3.63) is 78.9 Å². The number of nitro groups is 2. The molecule has 0 unspecified atom stereocenters. The summed E-state index contributed by atoms with van der Waals surface area (Å²) in [5.41, 5.74) is -1.98. The van der Waals surface area contributed by atoms with E-state index in [9.17, 15) is 25.0 Å². The van der Waals surface area contributed by atoms with Crippen LogP contribution < -0.4 is 18.9 Å². The van der Waals surface area contributed by atoms with E-state index in [1.807, 2.05) is 0 Å². The van der Waals surface area contributed by atoms with Gasteiger partial charge in [0.05, 0.1) is 74.8 Å². The summed E-state index contributed by atoms with van der Waals surface area (Å²) in [6.07, 6.45) is 0. The number of carbonyl (C=O) groups is 1. The minimum absolute atomic E-state index is 0.00298. The van der Waals surface area contributed by atoms with Crippen LogP contribution in [0.15, 0.2) is 36.4 Å². The lowest BCUT2D eigenvalue weighted by molar-refractivity contribution is -0.386. The van der Waals surface area contributed by atoms with Crippen LogP contribution in [0.2, 0.25) is 0 Å². The van der Waals surface area contributed by atoms with Crippen molar-refractivity contribution in [1.29, 1.82) is 0 Å². The predicted octanol–water partition coefficient (Wildman–Crippen LogP) is 3.98. The first-order valence-electron chi connectivity index (χ1n) is 13.2. The zero-order valence-electron chi connectivity index (χ0n) is 25.6. The van der Waals surface area contributed by atoms with Crippen LogP contribution >= 0.6 is 0 Å². The van der Waals surface area contributed by atoms with Crippen LogP contribution in [0.1, 0.15) is 27.0 Å². The Bertz CT molecular complexity index is 1640. The number of aromatic nitrogens is 4. The first kappa shape index (κ1) is 33.1. The lowest BCUT2D eigenvalue weighted by Crippen LogP contribution is -2.14. The first-order valence-corrected chi connectivity index (χ1v) is 13.2. The third-order valence-electron chi connectivity index (χ3n) is 6.67. The molecule has 0 aliphatic rings. The Kier molecular flexibility index (Phi) is 10.3. The van der Waals surface area contributed by atoms with E-state index in [0.29, 0.717) is 0 Å². The topological polar surface area (TPSA) is 210 Å². The highest BCUT2D eigenvalue weighted by Gasteiger charge is 2.35. The smallest absolute Gasteiger partial charge is 0.286 e. The van der Waals surface area contributed by atoms with Crippen molar-refractivity contribution in [3.63, 3.8) is 0 Å². The van der Waals surface area contributed by atoms with E-state index in [1.54, 1.807) is 0 Å². The highest BCUT2D eigenvalue weighted by Crippen LogP contribution is 2.39. The molecular formula is C29H28N6O11. The van der Waals surface area contributed by atoms with Gasteiger partial charge in [-0.25, -0.2) is 0 Å². The lowest BCUT2D eigenvalue weighted by Gasteiger charge is -2.15. The Balaban J connectivity index is 1.98. The molecule has 4 aromatic rings. The van der Waals surface area contributed by atoms with E-state index >= 15 is 0 Å². The maximum absolute atomic E-state index is 14.1. The highest BCUT2D eigenvalue weighted by molar-refractivity contribution is 6.15. The number of ketones is 1. The molecule has 0 spiro atoms. The minimum atomic E-state index is -1.00. The van der Waals surface area contributed by atoms with Crippen LogP contribution in [0.4, 0.5) is 11.4 Å². The van der Waals surface area contributed by atoms with Gasteiger partial charge in [0.25, 0.3) is 11.4 Å². The molecule has 240 valence electrons. The van der Waals surface area contributed by atoms with Crippen molar-refractivity contribution < 1.29 is 43.1 Å². The van der Waals surface area contributed by atoms with Gasteiger partial charge in [-0.2, -0.15) is 19.9 Å². The second kappa shape index (κ2) is 14.3. The Labute approximate surface area is 261 Å². The molecule has 0 bridgehead atoms. The lowest BCUT2D eigenvalue weighted by atomic mass is 9.92. The summed E-state index contributed by atoms with van der Waals surface area (Å²) >= 11 is 0. The molecule has 0 amide bonds. The number of benzene rings is 2. The van der Waals surface area contributed by atoms with Gasteiger partial charge >= 0.3 is 0 Å². The fourth-order valence-corrected chi connectivity index (χ4v) is 4.67. The molecule has 2 aromatic carbocycles. The summed E-state index contributed by atoms with van der Waals surface area (Å²) in [4.78, 5) is 54.7.